The van der Waals surface area contributed by atoms with Crippen molar-refractivity contribution in [1.29, 1.82) is 0 Å². The summed E-state index contributed by atoms with van der Waals surface area (Å²) >= 11 is 3.47. The van der Waals surface area contributed by atoms with Crippen molar-refractivity contribution in [2.45, 2.75) is 54.4 Å². The molecule has 10 heteroatoms. The zero-order chi connectivity index (χ0) is 33.6. The number of rotatable bonds is 6. The zero-order valence-corrected chi connectivity index (χ0v) is 29.7. The summed E-state index contributed by atoms with van der Waals surface area (Å²) < 4.78 is 6.26. The van der Waals surface area contributed by atoms with Crippen LogP contribution in [0.2, 0.25) is 0 Å². The number of hydrogen-bond acceptors (Lipinski definition) is 8. The van der Waals surface area contributed by atoms with Gasteiger partial charge in [0.15, 0.2) is 11.6 Å². The average Bonchev–Trinajstić information content (AvgIpc) is 3.93. The molecule has 8 heterocycles. The summed E-state index contributed by atoms with van der Waals surface area (Å²) in [7, 11) is 0. The van der Waals surface area contributed by atoms with E-state index in [-0.39, 0.29) is 0 Å². The first-order valence-corrected chi connectivity index (χ1v) is 17.9. The smallest absolute Gasteiger partial charge is 0.154 e. The predicted molar refractivity (Wildman–Crippen MR) is 200 cm³/mol. The van der Waals surface area contributed by atoms with E-state index in [2.05, 4.69) is 59.0 Å². The third kappa shape index (κ3) is 6.81. The fourth-order valence-corrected chi connectivity index (χ4v) is 7.45. The lowest BCUT2D eigenvalue weighted by atomic mass is 10.2. The van der Waals surface area contributed by atoms with Crippen LogP contribution in [0, 0.1) is 13.8 Å². The molecule has 8 nitrogen and oxygen atoms in total. The van der Waals surface area contributed by atoms with E-state index in [1.165, 1.54) is 29.9 Å². The Balaban J connectivity index is 0.000000159. The van der Waals surface area contributed by atoms with E-state index in [9.17, 15) is 0 Å². The third-order valence-electron chi connectivity index (χ3n) is 7.67. The standard InChI is InChI=1S/2C18H16N4S.C2H6/c1-3-14-5-4-6-17(21-14)22-18(12(2)10-20-22)15-9-13-7-8-19-11-16(13)23-15;1-3-14-10-15(16-9-13-7-8-19-11-17(13)23-16)22(21-14)18-6-4-5-12(2)20-18;1-2/h2*4-11H,3H2,1-2H3;1-2H3. The minimum absolute atomic E-state index is 0.857. The molecule has 0 unspecified atom stereocenters. The van der Waals surface area contributed by atoms with Crippen molar-refractivity contribution in [2.75, 3.05) is 0 Å². The highest BCUT2D eigenvalue weighted by Crippen LogP contribution is 2.36. The second-order valence-electron chi connectivity index (χ2n) is 10.9. The number of hydrogen-bond donors (Lipinski definition) is 0. The summed E-state index contributed by atoms with van der Waals surface area (Å²) in [6.45, 7) is 12.3. The van der Waals surface area contributed by atoms with Gasteiger partial charge < -0.3 is 0 Å². The van der Waals surface area contributed by atoms with Gasteiger partial charge in [-0.3, -0.25) is 9.97 Å². The third-order valence-corrected chi connectivity index (χ3v) is 9.87. The van der Waals surface area contributed by atoms with Gasteiger partial charge in [0, 0.05) is 36.2 Å². The van der Waals surface area contributed by atoms with Crippen LogP contribution in [-0.2, 0) is 12.8 Å². The summed E-state index contributed by atoms with van der Waals surface area (Å²) in [6.07, 6.45) is 11.2. The highest BCUT2D eigenvalue weighted by atomic mass is 32.1. The van der Waals surface area contributed by atoms with E-state index in [0.29, 0.717) is 0 Å². The van der Waals surface area contributed by atoms with Crippen LogP contribution >= 0.6 is 22.7 Å². The monoisotopic (exact) mass is 670 g/mol. The molecule has 8 rings (SSSR count). The molecule has 0 aliphatic carbocycles. The van der Waals surface area contributed by atoms with E-state index >= 15 is 0 Å². The fraction of sp³-hybridized carbons (Fsp3) is 0.211. The normalized spacial score (nSPS) is 10.9. The molecule has 48 heavy (non-hydrogen) atoms. The van der Waals surface area contributed by atoms with Gasteiger partial charge in [0.1, 0.15) is 0 Å². The fourth-order valence-electron chi connectivity index (χ4n) is 5.30. The topological polar surface area (TPSA) is 87.2 Å². The van der Waals surface area contributed by atoms with E-state index in [1.54, 1.807) is 22.7 Å². The first-order chi connectivity index (χ1) is 23.5. The number of pyridine rings is 4. The van der Waals surface area contributed by atoms with Gasteiger partial charge in [0.25, 0.3) is 0 Å². The van der Waals surface area contributed by atoms with Gasteiger partial charge in [0.2, 0.25) is 0 Å². The van der Waals surface area contributed by atoms with Crippen molar-refractivity contribution < 1.29 is 0 Å². The molecule has 242 valence electrons. The SMILES string of the molecule is CC.CCc1cc(-c2cc3ccncc3s2)n(-c2cccc(C)n2)n1.CCc1cccc(-n2ncc(C)c2-c2cc3ccncc3s2)n1. The molecule has 0 saturated heterocycles. The summed E-state index contributed by atoms with van der Waals surface area (Å²) in [5, 5.41) is 11.7. The Hall–Kier alpha value is -5.06. The van der Waals surface area contributed by atoms with Crippen LogP contribution < -0.4 is 0 Å². The maximum Gasteiger partial charge on any atom is 0.154 e. The molecule has 0 amide bonds. The lowest BCUT2D eigenvalue weighted by Crippen LogP contribution is -2.03. The molecule has 0 aliphatic heterocycles. The van der Waals surface area contributed by atoms with Crippen molar-refractivity contribution in [3.8, 4) is 32.8 Å². The maximum absolute atomic E-state index is 4.73. The Labute approximate surface area is 288 Å². The quantitative estimate of drug-likeness (QED) is 0.175. The van der Waals surface area contributed by atoms with E-state index in [4.69, 9.17) is 10.1 Å². The van der Waals surface area contributed by atoms with Crippen LogP contribution in [-0.4, -0.2) is 39.5 Å². The first-order valence-electron chi connectivity index (χ1n) is 16.2. The van der Waals surface area contributed by atoms with Gasteiger partial charge in [-0.15, -0.1) is 22.7 Å². The van der Waals surface area contributed by atoms with Crippen LogP contribution in [0.3, 0.4) is 0 Å². The molecular formula is C38H38N8S2. The van der Waals surface area contributed by atoms with Crippen molar-refractivity contribution in [3.63, 3.8) is 0 Å². The minimum Gasteiger partial charge on any atom is -0.263 e. The van der Waals surface area contributed by atoms with E-state index in [0.717, 1.165) is 58.5 Å². The minimum atomic E-state index is 0.857. The van der Waals surface area contributed by atoms with Crippen LogP contribution in [0.25, 0.3) is 53.0 Å². The summed E-state index contributed by atoms with van der Waals surface area (Å²) in [4.78, 5) is 20.1. The van der Waals surface area contributed by atoms with Gasteiger partial charge >= 0.3 is 0 Å². The average molecular weight is 671 g/mol. The highest BCUT2D eigenvalue weighted by molar-refractivity contribution is 7.22. The summed E-state index contributed by atoms with van der Waals surface area (Å²) in [6, 6.07) is 22.7. The first kappa shape index (κ1) is 32.9. The molecule has 0 spiro atoms. The Morgan fingerprint density at radius 1 is 0.646 bits per heavy atom. The van der Waals surface area contributed by atoms with Crippen molar-refractivity contribution in [3.05, 3.63) is 120 Å². The molecule has 0 fully saturated rings. The molecule has 8 aromatic heterocycles. The van der Waals surface area contributed by atoms with Crippen LogP contribution in [0.4, 0.5) is 0 Å². The molecule has 0 bridgehead atoms. The summed E-state index contributed by atoms with van der Waals surface area (Å²) in [5.74, 6) is 1.72. The van der Waals surface area contributed by atoms with Gasteiger partial charge in [0.05, 0.1) is 42.4 Å². The van der Waals surface area contributed by atoms with Gasteiger partial charge in [-0.2, -0.15) is 10.2 Å². The second kappa shape index (κ2) is 14.8. The molecule has 0 aliphatic rings. The Morgan fingerprint density at radius 2 is 1.27 bits per heavy atom. The summed E-state index contributed by atoms with van der Waals surface area (Å²) in [5.41, 5.74) is 6.46. The second-order valence-corrected chi connectivity index (χ2v) is 13.1. The number of thiophene rings is 2. The van der Waals surface area contributed by atoms with Crippen molar-refractivity contribution in [2.24, 2.45) is 0 Å². The molecule has 0 N–H and O–H groups in total. The number of nitrogens with zero attached hydrogens (tertiary/aromatic N) is 8. The maximum atomic E-state index is 4.73. The number of fused-ring (bicyclic) bond motifs is 2. The lowest BCUT2D eigenvalue weighted by molar-refractivity contribution is 0.818. The van der Waals surface area contributed by atoms with Crippen LogP contribution in [0.15, 0.2) is 97.7 Å². The van der Waals surface area contributed by atoms with Crippen LogP contribution in [0.5, 0.6) is 0 Å². The lowest BCUT2D eigenvalue weighted by Gasteiger charge is -2.07. The molecule has 0 saturated carbocycles. The molecule has 8 aromatic rings. The van der Waals surface area contributed by atoms with Crippen molar-refractivity contribution >= 4 is 42.8 Å². The Bertz CT molecular complexity index is 2230. The van der Waals surface area contributed by atoms with Gasteiger partial charge in [-0.25, -0.2) is 19.3 Å². The number of aryl methyl sites for hydroxylation is 4. The largest absolute Gasteiger partial charge is 0.263 e. The number of aromatic nitrogens is 8. The molecule has 0 radical (unpaired) electrons. The zero-order valence-electron chi connectivity index (χ0n) is 28.0. The van der Waals surface area contributed by atoms with Crippen molar-refractivity contribution in [1.82, 2.24) is 39.5 Å². The van der Waals surface area contributed by atoms with Crippen LogP contribution in [0.1, 0.15) is 50.3 Å². The predicted octanol–water partition coefficient (Wildman–Crippen LogP) is 9.86. The Morgan fingerprint density at radius 3 is 1.92 bits per heavy atom. The van der Waals surface area contributed by atoms with E-state index in [1.807, 2.05) is 110 Å². The molecular weight excluding hydrogens is 633 g/mol. The van der Waals surface area contributed by atoms with E-state index < -0.39 is 0 Å². The Kier molecular flexibility index (Phi) is 10.1. The highest BCUT2D eigenvalue weighted by Gasteiger charge is 2.16. The van der Waals surface area contributed by atoms with Gasteiger partial charge in [-0.05, 0) is 97.6 Å². The molecule has 0 atom stereocenters. The molecule has 0 aromatic carbocycles. The van der Waals surface area contributed by atoms with Gasteiger partial charge in [-0.1, -0.05) is 39.8 Å².